The zero-order valence-electron chi connectivity index (χ0n) is 13.1. The number of nitrogens with zero attached hydrogens (tertiary/aromatic N) is 4. The monoisotopic (exact) mass is 392 g/mol. The molecule has 0 radical (unpaired) electrons. The maximum Gasteiger partial charge on any atom is 0.211 e. The Morgan fingerprint density at radius 1 is 1.19 bits per heavy atom. The zero-order chi connectivity index (χ0) is 19.9. The van der Waals surface area contributed by atoms with Gasteiger partial charge in [0.1, 0.15) is 46.0 Å². The van der Waals surface area contributed by atoms with Crippen LogP contribution >= 0.6 is 11.6 Å². The van der Waals surface area contributed by atoms with Gasteiger partial charge in [-0.25, -0.2) is 23.1 Å². The molecule has 1 aliphatic rings. The molecule has 1 aliphatic heterocycles. The Balaban J connectivity index is 2.36. The second-order valence-corrected chi connectivity index (χ2v) is 5.66. The van der Waals surface area contributed by atoms with Crippen molar-refractivity contribution in [1.29, 1.82) is 10.5 Å². The standard InChI is InChI=1S/C15H8ClF3N8/c16-9-6(18)1-5(17)7(10(9)19)12-8-11(22)4(2-20)13(23)26-14(8)27-15(25-12)24-3-21/h1,12H,(H6,22,23,24,25,26,27). The Bertz CT molecular complexity index is 1090. The van der Waals surface area contributed by atoms with Crippen molar-refractivity contribution >= 4 is 34.9 Å². The van der Waals surface area contributed by atoms with E-state index in [-0.39, 0.29) is 34.4 Å². The van der Waals surface area contributed by atoms with Gasteiger partial charge in [-0.3, -0.25) is 5.32 Å². The number of nitriles is 2. The number of nitrogens with one attached hydrogen (secondary N) is 2. The minimum Gasteiger partial charge on any atom is -0.397 e. The van der Waals surface area contributed by atoms with Crippen molar-refractivity contribution in [3.63, 3.8) is 0 Å². The number of guanidine groups is 1. The number of nitrogen functional groups attached to an aromatic ring is 2. The summed E-state index contributed by atoms with van der Waals surface area (Å²) in [6.45, 7) is 0. The van der Waals surface area contributed by atoms with E-state index in [1.54, 1.807) is 12.3 Å². The molecule has 1 aromatic carbocycles. The maximum absolute atomic E-state index is 14.6. The van der Waals surface area contributed by atoms with Crippen molar-refractivity contribution in [2.75, 3.05) is 16.8 Å². The molecular formula is C15H8ClF3N8. The van der Waals surface area contributed by atoms with E-state index in [2.05, 4.69) is 20.6 Å². The molecule has 0 spiro atoms. The normalized spacial score (nSPS) is 15.0. The first kappa shape index (κ1) is 18.1. The smallest absolute Gasteiger partial charge is 0.211 e. The number of hydrogen-bond acceptors (Lipinski definition) is 8. The molecule has 27 heavy (non-hydrogen) atoms. The average Bonchev–Trinajstić information content (AvgIpc) is 2.60. The molecular weight excluding hydrogens is 385 g/mol. The van der Waals surface area contributed by atoms with Crippen LogP contribution in [0.15, 0.2) is 11.1 Å². The van der Waals surface area contributed by atoms with E-state index in [1.165, 1.54) is 0 Å². The van der Waals surface area contributed by atoms with Crippen molar-refractivity contribution in [2.45, 2.75) is 6.04 Å². The van der Waals surface area contributed by atoms with Gasteiger partial charge in [0.05, 0.1) is 11.3 Å². The van der Waals surface area contributed by atoms with Crippen LogP contribution in [0.3, 0.4) is 0 Å². The van der Waals surface area contributed by atoms with Gasteiger partial charge < -0.3 is 16.8 Å². The van der Waals surface area contributed by atoms with E-state index < -0.39 is 34.1 Å². The molecule has 3 rings (SSSR count). The van der Waals surface area contributed by atoms with Crippen LogP contribution in [0, 0.1) is 40.2 Å². The van der Waals surface area contributed by atoms with Gasteiger partial charge in [-0.2, -0.15) is 10.5 Å². The summed E-state index contributed by atoms with van der Waals surface area (Å²) >= 11 is 5.55. The number of rotatable bonds is 1. The van der Waals surface area contributed by atoms with Crippen molar-refractivity contribution in [3.05, 3.63) is 45.2 Å². The highest BCUT2D eigenvalue weighted by atomic mass is 35.5. The fourth-order valence-corrected chi connectivity index (χ4v) is 2.78. The first-order valence-corrected chi connectivity index (χ1v) is 7.49. The van der Waals surface area contributed by atoms with Gasteiger partial charge in [0.25, 0.3) is 0 Å². The fraction of sp³-hybridized carbons (Fsp3) is 0.0667. The summed E-state index contributed by atoms with van der Waals surface area (Å²) in [6.07, 6.45) is 1.58. The molecule has 0 aliphatic carbocycles. The SMILES string of the molecule is N#CNC1=NC(c2c(F)cc(F)c(Cl)c2F)c2c(nc(N)c(C#N)c2N)N1. The zero-order valence-corrected chi connectivity index (χ0v) is 13.9. The molecule has 0 saturated carbocycles. The number of pyridine rings is 1. The maximum atomic E-state index is 14.6. The number of anilines is 3. The molecule has 0 bridgehead atoms. The third-order valence-corrected chi connectivity index (χ3v) is 4.13. The van der Waals surface area contributed by atoms with E-state index in [9.17, 15) is 18.4 Å². The number of hydrogen-bond donors (Lipinski definition) is 4. The quantitative estimate of drug-likeness (QED) is 0.251. The second-order valence-electron chi connectivity index (χ2n) is 5.28. The molecule has 0 saturated heterocycles. The molecule has 8 nitrogen and oxygen atoms in total. The Kier molecular flexibility index (Phi) is 4.39. The lowest BCUT2D eigenvalue weighted by Gasteiger charge is -2.26. The number of nitrogens with two attached hydrogens (primary N) is 2. The molecule has 1 aromatic heterocycles. The molecule has 0 fully saturated rings. The van der Waals surface area contributed by atoms with Crippen LogP contribution in [-0.4, -0.2) is 10.9 Å². The lowest BCUT2D eigenvalue weighted by Crippen LogP contribution is -2.33. The van der Waals surface area contributed by atoms with Gasteiger partial charge in [0.15, 0.2) is 12.0 Å². The molecule has 0 amide bonds. The van der Waals surface area contributed by atoms with Gasteiger partial charge >= 0.3 is 0 Å². The molecule has 2 aromatic rings. The van der Waals surface area contributed by atoms with Crippen molar-refractivity contribution in [3.8, 4) is 12.3 Å². The third kappa shape index (κ3) is 2.80. The summed E-state index contributed by atoms with van der Waals surface area (Å²) in [6, 6.07) is 0.614. The first-order valence-electron chi connectivity index (χ1n) is 7.11. The highest BCUT2D eigenvalue weighted by molar-refractivity contribution is 6.31. The van der Waals surface area contributed by atoms with Crippen LogP contribution in [-0.2, 0) is 0 Å². The highest BCUT2D eigenvalue weighted by Crippen LogP contribution is 2.43. The second kappa shape index (κ2) is 6.55. The van der Waals surface area contributed by atoms with E-state index in [0.717, 1.165) is 0 Å². The van der Waals surface area contributed by atoms with Crippen LogP contribution in [0.2, 0.25) is 5.02 Å². The Labute approximate surface area is 154 Å². The van der Waals surface area contributed by atoms with Crippen LogP contribution in [0.1, 0.15) is 22.7 Å². The van der Waals surface area contributed by atoms with Gasteiger partial charge in [-0.1, -0.05) is 11.6 Å². The van der Waals surface area contributed by atoms with Crippen molar-refractivity contribution in [1.82, 2.24) is 10.3 Å². The third-order valence-electron chi connectivity index (χ3n) is 3.78. The number of aliphatic imine (C=N–C) groups is 1. The lowest BCUT2D eigenvalue weighted by molar-refractivity contribution is 0.515. The predicted molar refractivity (Wildman–Crippen MR) is 90.8 cm³/mol. The topological polar surface area (TPSA) is 149 Å². The van der Waals surface area contributed by atoms with E-state index in [0.29, 0.717) is 6.07 Å². The fourth-order valence-electron chi connectivity index (χ4n) is 2.62. The van der Waals surface area contributed by atoms with Gasteiger partial charge in [0, 0.05) is 11.6 Å². The van der Waals surface area contributed by atoms with Gasteiger partial charge in [-0.15, -0.1) is 0 Å². The van der Waals surface area contributed by atoms with E-state index in [4.69, 9.17) is 28.3 Å². The van der Waals surface area contributed by atoms with Crippen LogP contribution in [0.5, 0.6) is 0 Å². The molecule has 6 N–H and O–H groups in total. The summed E-state index contributed by atoms with van der Waals surface area (Å²) in [4.78, 5) is 7.92. The highest BCUT2D eigenvalue weighted by Gasteiger charge is 2.34. The van der Waals surface area contributed by atoms with Gasteiger partial charge in [0.2, 0.25) is 5.96 Å². The molecule has 12 heteroatoms. The molecule has 2 heterocycles. The van der Waals surface area contributed by atoms with Crippen LogP contribution in [0.25, 0.3) is 0 Å². The number of halogens is 4. The summed E-state index contributed by atoms with van der Waals surface area (Å²) < 4.78 is 42.5. The summed E-state index contributed by atoms with van der Waals surface area (Å²) in [5.41, 5.74) is 10.3. The van der Waals surface area contributed by atoms with E-state index >= 15 is 0 Å². The predicted octanol–water partition coefficient (Wildman–Crippen LogP) is 2.13. The minimum absolute atomic E-state index is 0.0790. The largest absolute Gasteiger partial charge is 0.397 e. The van der Waals surface area contributed by atoms with Crippen LogP contribution in [0.4, 0.5) is 30.5 Å². The Morgan fingerprint density at radius 2 is 1.89 bits per heavy atom. The summed E-state index contributed by atoms with van der Waals surface area (Å²) in [5.74, 6) is -4.53. The Morgan fingerprint density at radius 3 is 2.52 bits per heavy atom. The number of fused-ring (bicyclic) bond motifs is 1. The average molecular weight is 393 g/mol. The number of aromatic nitrogens is 1. The summed E-state index contributed by atoms with van der Waals surface area (Å²) in [7, 11) is 0. The lowest BCUT2D eigenvalue weighted by atomic mass is 9.94. The Hall–Kier alpha value is -3.70. The number of benzene rings is 1. The first-order chi connectivity index (χ1) is 12.8. The minimum atomic E-state index is -1.52. The van der Waals surface area contributed by atoms with Gasteiger partial charge in [-0.05, 0) is 0 Å². The van der Waals surface area contributed by atoms with Crippen LogP contribution < -0.4 is 22.1 Å². The van der Waals surface area contributed by atoms with E-state index in [1.807, 2.05) is 0 Å². The summed E-state index contributed by atoms with van der Waals surface area (Å²) in [5, 5.41) is 21.8. The molecule has 1 atom stereocenters. The molecule has 136 valence electrons. The van der Waals surface area contributed by atoms with Crippen molar-refractivity contribution < 1.29 is 13.2 Å². The van der Waals surface area contributed by atoms with Crippen molar-refractivity contribution in [2.24, 2.45) is 4.99 Å². The molecule has 1 unspecified atom stereocenters.